The van der Waals surface area contributed by atoms with Crippen LogP contribution in [0.15, 0.2) is 18.2 Å². The zero-order valence-corrected chi connectivity index (χ0v) is 8.40. The van der Waals surface area contributed by atoms with Crippen LogP contribution in [0.5, 0.6) is 0 Å². The van der Waals surface area contributed by atoms with Crippen LogP contribution in [0, 0.1) is 0 Å². The van der Waals surface area contributed by atoms with Gasteiger partial charge in [-0.1, -0.05) is 6.07 Å². The first-order chi connectivity index (χ1) is 7.15. The van der Waals surface area contributed by atoms with Crippen LogP contribution in [0.4, 0.5) is 5.82 Å². The summed E-state index contributed by atoms with van der Waals surface area (Å²) >= 11 is 0. The summed E-state index contributed by atoms with van der Waals surface area (Å²) in [5.41, 5.74) is 12.3. The van der Waals surface area contributed by atoms with Crippen LogP contribution in [0.1, 0.15) is 17.3 Å². The van der Waals surface area contributed by atoms with E-state index in [1.807, 2.05) is 13.0 Å². The summed E-state index contributed by atoms with van der Waals surface area (Å²) in [4.78, 5) is 11.2. The van der Waals surface area contributed by atoms with Crippen LogP contribution in [-0.2, 0) is 6.54 Å². The molecular weight excluding hydrogens is 192 g/mol. The van der Waals surface area contributed by atoms with Crippen molar-refractivity contribution in [2.45, 2.75) is 13.5 Å². The quantitative estimate of drug-likeness (QED) is 0.756. The Morgan fingerprint density at radius 2 is 2.27 bits per heavy atom. The fourth-order valence-electron chi connectivity index (χ4n) is 1.70. The molecule has 4 N–H and O–H groups in total. The highest BCUT2D eigenvalue weighted by Crippen LogP contribution is 2.24. The number of nitrogen functional groups attached to an aromatic ring is 1. The number of amides is 1. The standard InChI is InChI=1S/C10H12N4O/c1-2-14-7-5-3-4-6(10(12)15)8(7)9(11)13-14/h3-5H,2H2,1H3,(H2,11,13)(H2,12,15). The van der Waals surface area contributed by atoms with Crippen LogP contribution >= 0.6 is 0 Å². The Labute approximate surface area is 86.7 Å². The molecule has 0 atom stereocenters. The van der Waals surface area contributed by atoms with Crippen molar-refractivity contribution in [1.82, 2.24) is 9.78 Å². The smallest absolute Gasteiger partial charge is 0.249 e. The molecule has 2 aromatic rings. The summed E-state index contributed by atoms with van der Waals surface area (Å²) in [5, 5.41) is 4.78. The second-order valence-corrected chi connectivity index (χ2v) is 3.26. The van der Waals surface area contributed by atoms with Gasteiger partial charge in [-0.15, -0.1) is 0 Å². The molecular formula is C10H12N4O. The second-order valence-electron chi connectivity index (χ2n) is 3.26. The summed E-state index contributed by atoms with van der Waals surface area (Å²) in [6.07, 6.45) is 0. The Bertz CT molecular complexity index is 529. The molecule has 78 valence electrons. The first kappa shape index (κ1) is 9.51. The topological polar surface area (TPSA) is 86.9 Å². The third kappa shape index (κ3) is 1.32. The first-order valence-corrected chi connectivity index (χ1v) is 4.70. The Balaban J connectivity index is 2.86. The van der Waals surface area contributed by atoms with E-state index in [-0.39, 0.29) is 0 Å². The van der Waals surface area contributed by atoms with E-state index in [1.54, 1.807) is 16.8 Å². The lowest BCUT2D eigenvalue weighted by Gasteiger charge is -1.99. The van der Waals surface area contributed by atoms with Crippen molar-refractivity contribution in [1.29, 1.82) is 0 Å². The Hall–Kier alpha value is -2.04. The van der Waals surface area contributed by atoms with Crippen LogP contribution < -0.4 is 11.5 Å². The van der Waals surface area contributed by atoms with Crippen molar-refractivity contribution in [3.05, 3.63) is 23.8 Å². The number of nitrogens with two attached hydrogens (primary N) is 2. The molecule has 0 aliphatic carbocycles. The predicted molar refractivity (Wildman–Crippen MR) is 58.3 cm³/mol. The number of hydrogen-bond acceptors (Lipinski definition) is 3. The van der Waals surface area contributed by atoms with E-state index >= 15 is 0 Å². The van der Waals surface area contributed by atoms with Gasteiger partial charge in [-0.25, -0.2) is 0 Å². The van der Waals surface area contributed by atoms with Gasteiger partial charge in [-0.05, 0) is 19.1 Å². The number of aromatic nitrogens is 2. The maximum Gasteiger partial charge on any atom is 0.249 e. The van der Waals surface area contributed by atoms with E-state index in [9.17, 15) is 4.79 Å². The summed E-state index contributed by atoms with van der Waals surface area (Å²) < 4.78 is 1.75. The normalized spacial score (nSPS) is 10.7. The maximum atomic E-state index is 11.2. The molecule has 2 rings (SSSR count). The lowest BCUT2D eigenvalue weighted by Crippen LogP contribution is -2.11. The Kier molecular flexibility index (Phi) is 2.07. The third-order valence-corrected chi connectivity index (χ3v) is 2.37. The third-order valence-electron chi connectivity index (χ3n) is 2.37. The monoisotopic (exact) mass is 204 g/mol. The van der Waals surface area contributed by atoms with Crippen molar-refractivity contribution in [3.8, 4) is 0 Å². The van der Waals surface area contributed by atoms with Gasteiger partial charge in [-0.2, -0.15) is 5.10 Å². The van der Waals surface area contributed by atoms with Gasteiger partial charge in [0.2, 0.25) is 5.91 Å². The summed E-state index contributed by atoms with van der Waals surface area (Å²) in [6.45, 7) is 2.67. The number of primary amides is 1. The van der Waals surface area contributed by atoms with Gasteiger partial charge >= 0.3 is 0 Å². The lowest BCUT2D eigenvalue weighted by molar-refractivity contribution is 0.100. The first-order valence-electron chi connectivity index (χ1n) is 4.70. The van der Waals surface area contributed by atoms with E-state index < -0.39 is 5.91 Å². The Morgan fingerprint density at radius 1 is 1.53 bits per heavy atom. The number of carbonyl (C=O) groups excluding carboxylic acids is 1. The highest BCUT2D eigenvalue weighted by atomic mass is 16.1. The molecule has 1 aromatic carbocycles. The number of aryl methyl sites for hydroxylation is 1. The van der Waals surface area contributed by atoms with Gasteiger partial charge in [0, 0.05) is 6.54 Å². The number of carbonyl (C=O) groups is 1. The lowest BCUT2D eigenvalue weighted by atomic mass is 10.1. The van der Waals surface area contributed by atoms with Crippen LogP contribution in [0.3, 0.4) is 0 Å². The number of hydrogen-bond donors (Lipinski definition) is 2. The van der Waals surface area contributed by atoms with Crippen molar-refractivity contribution in [2.24, 2.45) is 5.73 Å². The fraction of sp³-hybridized carbons (Fsp3) is 0.200. The largest absolute Gasteiger partial charge is 0.382 e. The average molecular weight is 204 g/mol. The molecule has 0 unspecified atom stereocenters. The maximum absolute atomic E-state index is 11.2. The van der Waals surface area contributed by atoms with Gasteiger partial charge in [0.25, 0.3) is 0 Å². The van der Waals surface area contributed by atoms with Crippen molar-refractivity contribution in [3.63, 3.8) is 0 Å². The minimum absolute atomic E-state index is 0.348. The van der Waals surface area contributed by atoms with E-state index in [0.29, 0.717) is 23.3 Å². The van der Waals surface area contributed by atoms with Gasteiger partial charge in [-0.3, -0.25) is 9.48 Å². The molecule has 0 spiro atoms. The molecule has 1 aromatic heterocycles. The van der Waals surface area contributed by atoms with Crippen molar-refractivity contribution in [2.75, 3.05) is 5.73 Å². The molecule has 15 heavy (non-hydrogen) atoms. The van der Waals surface area contributed by atoms with Gasteiger partial charge < -0.3 is 11.5 Å². The van der Waals surface area contributed by atoms with E-state index in [2.05, 4.69) is 5.10 Å². The van der Waals surface area contributed by atoms with E-state index in [4.69, 9.17) is 11.5 Å². The predicted octanol–water partition coefficient (Wildman–Crippen LogP) is 0.737. The molecule has 0 fully saturated rings. The number of fused-ring (bicyclic) bond motifs is 1. The SMILES string of the molecule is CCn1nc(N)c2c(C(N)=O)cccc21. The van der Waals surface area contributed by atoms with Gasteiger partial charge in [0.05, 0.1) is 16.5 Å². The minimum atomic E-state index is -0.483. The molecule has 1 heterocycles. The summed E-state index contributed by atoms with van der Waals surface area (Å²) in [6, 6.07) is 5.30. The van der Waals surface area contributed by atoms with Crippen LogP contribution in [-0.4, -0.2) is 15.7 Å². The number of rotatable bonds is 2. The number of benzene rings is 1. The molecule has 0 radical (unpaired) electrons. The zero-order valence-electron chi connectivity index (χ0n) is 8.40. The molecule has 1 amide bonds. The van der Waals surface area contributed by atoms with E-state index in [1.165, 1.54) is 0 Å². The van der Waals surface area contributed by atoms with Crippen molar-refractivity contribution >= 4 is 22.6 Å². The summed E-state index contributed by atoms with van der Waals surface area (Å²) in [7, 11) is 0. The number of nitrogens with zero attached hydrogens (tertiary/aromatic N) is 2. The molecule has 0 aliphatic heterocycles. The molecule has 0 aliphatic rings. The molecule has 5 heteroatoms. The minimum Gasteiger partial charge on any atom is -0.382 e. The van der Waals surface area contributed by atoms with Crippen LogP contribution in [0.2, 0.25) is 0 Å². The fourth-order valence-corrected chi connectivity index (χ4v) is 1.70. The zero-order chi connectivity index (χ0) is 11.0. The molecule has 0 saturated carbocycles. The molecule has 0 saturated heterocycles. The average Bonchev–Trinajstić information content (AvgIpc) is 2.55. The highest BCUT2D eigenvalue weighted by molar-refractivity contribution is 6.09. The Morgan fingerprint density at radius 3 is 2.87 bits per heavy atom. The van der Waals surface area contributed by atoms with Crippen molar-refractivity contribution < 1.29 is 4.79 Å². The highest BCUT2D eigenvalue weighted by Gasteiger charge is 2.13. The van der Waals surface area contributed by atoms with E-state index in [0.717, 1.165) is 5.52 Å². The van der Waals surface area contributed by atoms with Gasteiger partial charge in [0.1, 0.15) is 0 Å². The molecule has 5 nitrogen and oxygen atoms in total. The second kappa shape index (κ2) is 3.27. The van der Waals surface area contributed by atoms with Gasteiger partial charge in [0.15, 0.2) is 5.82 Å². The summed E-state index contributed by atoms with van der Waals surface area (Å²) in [5.74, 6) is -0.135. The molecule has 0 bridgehead atoms. The van der Waals surface area contributed by atoms with Crippen LogP contribution in [0.25, 0.3) is 10.9 Å². The number of anilines is 1.